The Morgan fingerprint density at radius 1 is 1.00 bits per heavy atom. The lowest BCUT2D eigenvalue weighted by Gasteiger charge is -2.36. The van der Waals surface area contributed by atoms with Crippen molar-refractivity contribution in [1.82, 2.24) is 10.2 Å². The Hall–Kier alpha value is -0.770. The molecule has 0 unspecified atom stereocenters. The van der Waals surface area contributed by atoms with Gasteiger partial charge in [0.15, 0.2) is 0 Å². The van der Waals surface area contributed by atoms with Crippen LogP contribution in [0.25, 0.3) is 0 Å². The topological polar surface area (TPSA) is 18.5 Å². The van der Waals surface area contributed by atoms with E-state index in [1.54, 1.807) is 0 Å². The van der Waals surface area contributed by atoms with Crippen LogP contribution in [0.2, 0.25) is 5.02 Å². The maximum absolute atomic E-state index is 5.94. The van der Waals surface area contributed by atoms with E-state index in [0.717, 1.165) is 24.7 Å². The molecule has 0 spiro atoms. The quantitative estimate of drug-likeness (QED) is 0.781. The first-order valence-corrected chi connectivity index (χ1v) is 8.05. The smallest absolute Gasteiger partial charge is 0.0407 e. The van der Waals surface area contributed by atoms with Crippen molar-refractivity contribution in [2.45, 2.75) is 19.3 Å². The van der Waals surface area contributed by atoms with Gasteiger partial charge in [0.1, 0.15) is 0 Å². The van der Waals surface area contributed by atoms with E-state index < -0.39 is 0 Å². The van der Waals surface area contributed by atoms with Crippen molar-refractivity contribution < 1.29 is 0 Å². The number of benzene rings is 1. The van der Waals surface area contributed by atoms with Crippen molar-refractivity contribution in [2.24, 2.45) is 0 Å². The Kier molecular flexibility index (Phi) is 6.64. The van der Waals surface area contributed by atoms with Gasteiger partial charge in [-0.1, -0.05) is 18.0 Å². The van der Waals surface area contributed by atoms with Gasteiger partial charge in [-0.05, 0) is 57.2 Å². The molecule has 1 N–H and O–H groups in total. The minimum absolute atomic E-state index is 0.814. The fourth-order valence-corrected chi connectivity index (χ4v) is 2.82. The first-order chi connectivity index (χ1) is 9.79. The van der Waals surface area contributed by atoms with Crippen LogP contribution in [0.3, 0.4) is 0 Å². The maximum atomic E-state index is 5.94. The molecule has 1 heterocycles. The van der Waals surface area contributed by atoms with Gasteiger partial charge in [0, 0.05) is 36.9 Å². The molecule has 1 saturated heterocycles. The Balaban J connectivity index is 1.66. The average molecular weight is 296 g/mol. The number of rotatable bonds is 7. The van der Waals surface area contributed by atoms with Gasteiger partial charge in [-0.3, -0.25) is 4.90 Å². The molecular weight excluding hydrogens is 270 g/mol. The number of hydrogen-bond acceptors (Lipinski definition) is 3. The number of anilines is 1. The molecule has 2 rings (SSSR count). The van der Waals surface area contributed by atoms with E-state index in [-0.39, 0.29) is 0 Å². The van der Waals surface area contributed by atoms with Gasteiger partial charge >= 0.3 is 0 Å². The molecule has 20 heavy (non-hydrogen) atoms. The second-order valence-corrected chi connectivity index (χ2v) is 5.91. The molecule has 1 aliphatic heterocycles. The van der Waals surface area contributed by atoms with Crippen LogP contribution >= 0.6 is 11.6 Å². The lowest BCUT2D eigenvalue weighted by Crippen LogP contribution is -2.46. The number of unbranched alkanes of at least 4 members (excludes halogenated alkanes) is 2. The summed E-state index contributed by atoms with van der Waals surface area (Å²) >= 11 is 5.94. The van der Waals surface area contributed by atoms with E-state index >= 15 is 0 Å². The summed E-state index contributed by atoms with van der Waals surface area (Å²) in [6.07, 6.45) is 3.95. The summed E-state index contributed by atoms with van der Waals surface area (Å²) in [5.74, 6) is 0. The molecule has 0 saturated carbocycles. The van der Waals surface area contributed by atoms with Crippen molar-refractivity contribution in [3.63, 3.8) is 0 Å². The van der Waals surface area contributed by atoms with Gasteiger partial charge in [-0.15, -0.1) is 0 Å². The van der Waals surface area contributed by atoms with Crippen LogP contribution in [-0.4, -0.2) is 51.2 Å². The Morgan fingerprint density at radius 2 is 1.70 bits per heavy atom. The van der Waals surface area contributed by atoms with Crippen molar-refractivity contribution in [1.29, 1.82) is 0 Å². The molecule has 0 bridgehead atoms. The van der Waals surface area contributed by atoms with Gasteiger partial charge < -0.3 is 10.2 Å². The Morgan fingerprint density at radius 3 is 2.35 bits per heavy atom. The number of hydrogen-bond donors (Lipinski definition) is 1. The zero-order valence-corrected chi connectivity index (χ0v) is 13.2. The van der Waals surface area contributed by atoms with Crippen LogP contribution in [0.5, 0.6) is 0 Å². The first-order valence-electron chi connectivity index (χ1n) is 7.67. The number of piperazine rings is 1. The van der Waals surface area contributed by atoms with Crippen molar-refractivity contribution in [3.8, 4) is 0 Å². The van der Waals surface area contributed by atoms with Crippen LogP contribution in [0.4, 0.5) is 5.69 Å². The van der Waals surface area contributed by atoms with Crippen LogP contribution in [0.15, 0.2) is 24.3 Å². The van der Waals surface area contributed by atoms with E-state index in [1.807, 2.05) is 19.2 Å². The summed E-state index contributed by atoms with van der Waals surface area (Å²) in [5.41, 5.74) is 1.29. The SMILES string of the molecule is CNCCCCCN1CCN(c2ccc(Cl)cc2)CC1. The van der Waals surface area contributed by atoms with Crippen LogP contribution < -0.4 is 10.2 Å². The van der Waals surface area contributed by atoms with E-state index in [2.05, 4.69) is 27.2 Å². The van der Waals surface area contributed by atoms with Gasteiger partial charge in [-0.25, -0.2) is 0 Å². The lowest BCUT2D eigenvalue weighted by atomic mass is 10.2. The van der Waals surface area contributed by atoms with Crippen LogP contribution in [0, 0.1) is 0 Å². The highest BCUT2D eigenvalue weighted by Gasteiger charge is 2.16. The molecule has 0 radical (unpaired) electrons. The highest BCUT2D eigenvalue weighted by molar-refractivity contribution is 6.30. The maximum Gasteiger partial charge on any atom is 0.0407 e. The summed E-state index contributed by atoms with van der Waals surface area (Å²) < 4.78 is 0. The monoisotopic (exact) mass is 295 g/mol. The third-order valence-electron chi connectivity index (χ3n) is 3.97. The summed E-state index contributed by atoms with van der Waals surface area (Å²) in [7, 11) is 2.02. The second-order valence-electron chi connectivity index (χ2n) is 5.47. The molecule has 0 aromatic heterocycles. The summed E-state index contributed by atoms with van der Waals surface area (Å²) in [6.45, 7) is 6.99. The summed E-state index contributed by atoms with van der Waals surface area (Å²) in [6, 6.07) is 8.20. The molecule has 1 aromatic rings. The molecule has 0 atom stereocenters. The highest BCUT2D eigenvalue weighted by Crippen LogP contribution is 2.19. The van der Waals surface area contributed by atoms with E-state index in [0.29, 0.717) is 0 Å². The standard InChI is InChI=1S/C16H26ClN3/c1-18-9-3-2-4-10-19-11-13-20(14-12-19)16-7-5-15(17)6-8-16/h5-8,18H,2-4,9-14H2,1H3. The third kappa shape index (κ3) is 4.97. The molecule has 112 valence electrons. The highest BCUT2D eigenvalue weighted by atomic mass is 35.5. The number of nitrogens with one attached hydrogen (secondary N) is 1. The second kappa shape index (κ2) is 8.50. The molecule has 1 fully saturated rings. The molecule has 1 aromatic carbocycles. The fourth-order valence-electron chi connectivity index (χ4n) is 2.70. The molecule has 3 nitrogen and oxygen atoms in total. The molecule has 0 aliphatic carbocycles. The van der Waals surface area contributed by atoms with Gasteiger partial charge in [0.2, 0.25) is 0 Å². The predicted molar refractivity (Wildman–Crippen MR) is 87.9 cm³/mol. The van der Waals surface area contributed by atoms with E-state index in [1.165, 1.54) is 44.6 Å². The fraction of sp³-hybridized carbons (Fsp3) is 0.625. The van der Waals surface area contributed by atoms with Gasteiger partial charge in [0.05, 0.1) is 0 Å². The van der Waals surface area contributed by atoms with Crippen molar-refractivity contribution in [2.75, 3.05) is 51.2 Å². The minimum atomic E-state index is 0.814. The summed E-state index contributed by atoms with van der Waals surface area (Å²) in [4.78, 5) is 5.04. The van der Waals surface area contributed by atoms with Crippen molar-refractivity contribution in [3.05, 3.63) is 29.3 Å². The average Bonchev–Trinajstić information content (AvgIpc) is 2.49. The Bertz CT molecular complexity index is 372. The van der Waals surface area contributed by atoms with Crippen LogP contribution in [0.1, 0.15) is 19.3 Å². The van der Waals surface area contributed by atoms with Gasteiger partial charge in [0.25, 0.3) is 0 Å². The van der Waals surface area contributed by atoms with E-state index in [4.69, 9.17) is 11.6 Å². The third-order valence-corrected chi connectivity index (χ3v) is 4.22. The predicted octanol–water partition coefficient (Wildman–Crippen LogP) is 2.85. The minimum Gasteiger partial charge on any atom is -0.369 e. The zero-order valence-electron chi connectivity index (χ0n) is 12.4. The van der Waals surface area contributed by atoms with Crippen LogP contribution in [-0.2, 0) is 0 Å². The molecular formula is C16H26ClN3. The molecule has 0 amide bonds. The normalized spacial score (nSPS) is 16.6. The molecule has 1 aliphatic rings. The zero-order chi connectivity index (χ0) is 14.2. The lowest BCUT2D eigenvalue weighted by molar-refractivity contribution is 0.252. The number of nitrogens with zero attached hydrogens (tertiary/aromatic N) is 2. The number of halogens is 1. The van der Waals surface area contributed by atoms with Crippen molar-refractivity contribution >= 4 is 17.3 Å². The molecule has 4 heteroatoms. The first kappa shape index (κ1) is 15.6. The Labute approximate surface area is 127 Å². The van der Waals surface area contributed by atoms with Gasteiger partial charge in [-0.2, -0.15) is 0 Å². The summed E-state index contributed by atoms with van der Waals surface area (Å²) in [5, 5.41) is 4.02. The van der Waals surface area contributed by atoms with E-state index in [9.17, 15) is 0 Å². The largest absolute Gasteiger partial charge is 0.369 e.